The van der Waals surface area contributed by atoms with E-state index in [-0.39, 0.29) is 26.2 Å². The Hall–Kier alpha value is -4.36. The Bertz CT molecular complexity index is 1200. The summed E-state index contributed by atoms with van der Waals surface area (Å²) in [6.45, 7) is 1.81. The number of carbonyl (C=O) groups excluding carboxylic acids is 3. The van der Waals surface area contributed by atoms with Gasteiger partial charge in [-0.25, -0.2) is 9.80 Å². The number of nitrogens with zero attached hydrogens (tertiary/aromatic N) is 4. The molecule has 2 aliphatic rings. The van der Waals surface area contributed by atoms with Crippen LogP contribution < -0.4 is 5.32 Å². The number of carboxylic acids is 1. The largest absolute Gasteiger partial charge is 0.481 e. The lowest BCUT2D eigenvalue weighted by Crippen LogP contribution is -2.76. The van der Waals surface area contributed by atoms with Crippen LogP contribution in [0.2, 0.25) is 0 Å². The Labute approximate surface area is 215 Å². The summed E-state index contributed by atoms with van der Waals surface area (Å²) in [7, 11) is 0. The van der Waals surface area contributed by atoms with Gasteiger partial charge in [-0.2, -0.15) is 5.01 Å². The van der Waals surface area contributed by atoms with Gasteiger partial charge in [-0.15, -0.1) is 6.42 Å². The van der Waals surface area contributed by atoms with Crippen LogP contribution in [0.3, 0.4) is 0 Å². The van der Waals surface area contributed by atoms with Crippen molar-refractivity contribution >= 4 is 23.8 Å². The molecule has 2 saturated heterocycles. The number of hydrazine groups is 1. The number of benzene rings is 2. The number of aliphatic carboxylic acids is 1. The van der Waals surface area contributed by atoms with Gasteiger partial charge in [0.1, 0.15) is 12.2 Å². The van der Waals surface area contributed by atoms with E-state index in [1.54, 1.807) is 0 Å². The number of nitrogens with one attached hydrogen (secondary N) is 1. The molecule has 2 N–H and O–H groups in total. The minimum absolute atomic E-state index is 0.00339. The molecule has 0 aliphatic carbocycles. The van der Waals surface area contributed by atoms with Gasteiger partial charge in [-0.3, -0.25) is 14.4 Å². The highest BCUT2D eigenvalue weighted by atomic mass is 16.4. The van der Waals surface area contributed by atoms with Crippen molar-refractivity contribution in [1.82, 2.24) is 25.1 Å². The monoisotopic (exact) mass is 503 g/mol. The molecule has 0 unspecified atom stereocenters. The summed E-state index contributed by atoms with van der Waals surface area (Å²) in [5.41, 5.74) is 1.73. The fourth-order valence-electron chi connectivity index (χ4n) is 4.88. The van der Waals surface area contributed by atoms with E-state index in [2.05, 4.69) is 11.2 Å². The van der Waals surface area contributed by atoms with E-state index in [4.69, 9.17) is 6.42 Å². The number of rotatable bonds is 7. The molecule has 0 spiro atoms. The first-order valence-electron chi connectivity index (χ1n) is 12.0. The van der Waals surface area contributed by atoms with Gasteiger partial charge in [0.15, 0.2) is 0 Å². The van der Waals surface area contributed by atoms with E-state index in [1.807, 2.05) is 67.6 Å². The fourth-order valence-corrected chi connectivity index (χ4v) is 4.88. The van der Waals surface area contributed by atoms with E-state index in [1.165, 1.54) is 19.8 Å². The van der Waals surface area contributed by atoms with Gasteiger partial charge in [0.25, 0.3) is 0 Å². The zero-order valence-corrected chi connectivity index (χ0v) is 20.5. The van der Waals surface area contributed by atoms with E-state index >= 15 is 0 Å². The molecule has 10 heteroatoms. The third-order valence-corrected chi connectivity index (χ3v) is 6.66. The van der Waals surface area contributed by atoms with Crippen LogP contribution in [0.4, 0.5) is 4.79 Å². The van der Waals surface area contributed by atoms with Crippen molar-refractivity contribution in [2.45, 2.75) is 38.1 Å². The van der Waals surface area contributed by atoms with Crippen LogP contribution in [0.15, 0.2) is 60.7 Å². The lowest BCUT2D eigenvalue weighted by Gasteiger charge is -2.55. The molecule has 2 fully saturated rings. The molecule has 0 radical (unpaired) electrons. The lowest BCUT2D eigenvalue weighted by atomic mass is 9.99. The summed E-state index contributed by atoms with van der Waals surface area (Å²) in [6.07, 6.45) is 4.04. The summed E-state index contributed by atoms with van der Waals surface area (Å²) in [6, 6.07) is 16.5. The van der Waals surface area contributed by atoms with Crippen LogP contribution in [0.25, 0.3) is 0 Å². The van der Waals surface area contributed by atoms with Crippen molar-refractivity contribution in [3.8, 4) is 12.3 Å². The second-order valence-corrected chi connectivity index (χ2v) is 8.99. The number of carboxylic acid groups (broad SMARTS) is 1. The topological polar surface area (TPSA) is 114 Å². The van der Waals surface area contributed by atoms with Crippen molar-refractivity contribution in [3.63, 3.8) is 0 Å². The van der Waals surface area contributed by atoms with Crippen molar-refractivity contribution in [3.05, 3.63) is 71.8 Å². The number of hydrogen-bond donors (Lipinski definition) is 2. The molecule has 4 amide bonds. The summed E-state index contributed by atoms with van der Waals surface area (Å²) in [5, 5.41) is 15.3. The molecule has 10 nitrogen and oxygen atoms in total. The molecule has 3 atom stereocenters. The summed E-state index contributed by atoms with van der Waals surface area (Å²) < 4.78 is 0. The SMILES string of the molecule is C#CCN1CC(=O)N2[C@@H](CC(=O)O)C(=O)N([C@H](C)c3ccccc3)C[C@@H]2N1C(=O)NCc1ccccc1. The van der Waals surface area contributed by atoms with Crippen molar-refractivity contribution < 1.29 is 24.3 Å². The van der Waals surface area contributed by atoms with E-state index < -0.39 is 48.5 Å². The first-order chi connectivity index (χ1) is 17.8. The van der Waals surface area contributed by atoms with Gasteiger partial charge < -0.3 is 20.2 Å². The predicted octanol–water partition coefficient (Wildman–Crippen LogP) is 1.66. The Morgan fingerprint density at radius 2 is 1.76 bits per heavy atom. The number of carbonyl (C=O) groups is 4. The molecule has 2 aliphatic heterocycles. The molecular weight excluding hydrogens is 474 g/mol. The van der Waals surface area contributed by atoms with Crippen LogP contribution in [0, 0.1) is 12.3 Å². The highest BCUT2D eigenvalue weighted by Crippen LogP contribution is 2.32. The predicted molar refractivity (Wildman–Crippen MR) is 134 cm³/mol. The quantitative estimate of drug-likeness (QED) is 0.556. The molecule has 2 heterocycles. The van der Waals surface area contributed by atoms with Gasteiger partial charge in [-0.05, 0) is 18.1 Å². The lowest BCUT2D eigenvalue weighted by molar-refractivity contribution is -0.192. The highest BCUT2D eigenvalue weighted by Gasteiger charge is 2.52. The van der Waals surface area contributed by atoms with Crippen molar-refractivity contribution in [2.24, 2.45) is 0 Å². The molecule has 37 heavy (non-hydrogen) atoms. The van der Waals surface area contributed by atoms with Crippen molar-refractivity contribution in [1.29, 1.82) is 0 Å². The minimum Gasteiger partial charge on any atom is -0.481 e. The van der Waals surface area contributed by atoms with Crippen LogP contribution in [-0.4, -0.2) is 80.6 Å². The smallest absolute Gasteiger partial charge is 0.334 e. The fraction of sp³-hybridized carbons (Fsp3) is 0.333. The molecule has 2 aromatic carbocycles. The highest BCUT2D eigenvalue weighted by molar-refractivity contribution is 5.94. The maximum absolute atomic E-state index is 13.6. The molecule has 4 rings (SSSR count). The van der Waals surface area contributed by atoms with E-state index in [0.717, 1.165) is 11.1 Å². The van der Waals surface area contributed by atoms with Crippen LogP contribution >= 0.6 is 0 Å². The molecule has 0 saturated carbocycles. The van der Waals surface area contributed by atoms with Gasteiger partial charge in [0.05, 0.1) is 32.1 Å². The van der Waals surface area contributed by atoms with Crippen LogP contribution in [-0.2, 0) is 20.9 Å². The third-order valence-electron chi connectivity index (χ3n) is 6.66. The zero-order valence-electron chi connectivity index (χ0n) is 20.5. The molecule has 2 aromatic rings. The number of piperazine rings is 1. The van der Waals surface area contributed by atoms with E-state index in [9.17, 15) is 24.3 Å². The maximum Gasteiger partial charge on any atom is 0.334 e. The number of fused-ring (bicyclic) bond motifs is 1. The summed E-state index contributed by atoms with van der Waals surface area (Å²) in [5.74, 6) is 0.333. The second-order valence-electron chi connectivity index (χ2n) is 8.99. The Morgan fingerprint density at radius 3 is 2.38 bits per heavy atom. The minimum atomic E-state index is -1.26. The number of urea groups is 1. The number of amides is 4. The summed E-state index contributed by atoms with van der Waals surface area (Å²) in [4.78, 5) is 54.9. The molecular formula is C27H29N5O5. The van der Waals surface area contributed by atoms with Gasteiger partial charge in [0, 0.05) is 6.54 Å². The first kappa shape index (κ1) is 25.7. The Kier molecular flexibility index (Phi) is 7.74. The molecule has 192 valence electrons. The van der Waals surface area contributed by atoms with Gasteiger partial charge in [-0.1, -0.05) is 66.6 Å². The zero-order chi connectivity index (χ0) is 26.5. The molecule has 0 aromatic heterocycles. The average molecular weight is 504 g/mol. The second kappa shape index (κ2) is 11.1. The Balaban J connectivity index is 1.69. The first-order valence-corrected chi connectivity index (χ1v) is 12.0. The van der Waals surface area contributed by atoms with Crippen molar-refractivity contribution in [2.75, 3.05) is 19.6 Å². The standard InChI is InChI=1S/C27H29N5O5/c1-3-14-29-18-24(33)31-22(15-25(34)35)26(36)30(19(2)21-12-8-5-9-13-21)17-23(31)32(29)27(37)28-16-20-10-6-4-7-11-20/h1,4-13,19,22-23H,14-18H2,2H3,(H,28,37)(H,34,35)/t19-,22+,23+/m1/s1. The Morgan fingerprint density at radius 1 is 1.11 bits per heavy atom. The van der Waals surface area contributed by atoms with E-state index in [0.29, 0.717) is 0 Å². The van der Waals surface area contributed by atoms with Crippen LogP contribution in [0.5, 0.6) is 0 Å². The number of terminal acetylenes is 1. The number of hydrogen-bond acceptors (Lipinski definition) is 5. The third kappa shape index (κ3) is 5.42. The maximum atomic E-state index is 13.6. The summed E-state index contributed by atoms with van der Waals surface area (Å²) >= 11 is 0. The molecule has 0 bridgehead atoms. The van der Waals surface area contributed by atoms with Gasteiger partial charge >= 0.3 is 12.0 Å². The normalized spacial score (nSPS) is 20.7. The van der Waals surface area contributed by atoms with Crippen LogP contribution in [0.1, 0.15) is 30.5 Å². The average Bonchev–Trinajstić information content (AvgIpc) is 2.89. The van der Waals surface area contributed by atoms with Gasteiger partial charge in [0.2, 0.25) is 11.8 Å².